The molecule has 0 aliphatic heterocycles. The largest absolute Gasteiger partial charge is 0.380 e. The Morgan fingerprint density at radius 1 is 1.43 bits per heavy atom. The zero-order valence-corrected chi connectivity index (χ0v) is 13.3. The molecule has 1 heterocycles. The summed E-state index contributed by atoms with van der Waals surface area (Å²) in [6.07, 6.45) is 4.61. The van der Waals surface area contributed by atoms with E-state index in [0.717, 1.165) is 31.6 Å². The minimum Gasteiger partial charge on any atom is -0.380 e. The summed E-state index contributed by atoms with van der Waals surface area (Å²) >= 11 is 0. The molecule has 1 aromatic rings. The average molecular weight is 297 g/mol. The number of nitrogens with zero attached hydrogens (tertiary/aromatic N) is 2. The Hall–Kier alpha value is -0.980. The Kier molecular flexibility index (Phi) is 5.72. The molecule has 1 aliphatic rings. The summed E-state index contributed by atoms with van der Waals surface area (Å²) in [6, 6.07) is 0. The standard InChI is InChI=1S/C15H27N3O3/c1-4-20-15(7-5-11(2)6-8-15)14-17-13(21-18-14)9-12(10-16)19-3/h11-12H,4-10,16H2,1-3H3. The van der Waals surface area contributed by atoms with Gasteiger partial charge in [-0.15, -0.1) is 0 Å². The summed E-state index contributed by atoms with van der Waals surface area (Å²) in [5.41, 5.74) is 5.25. The first-order valence-electron chi connectivity index (χ1n) is 7.83. The van der Waals surface area contributed by atoms with Gasteiger partial charge in [0.1, 0.15) is 5.60 Å². The van der Waals surface area contributed by atoms with Crippen LogP contribution in [0, 0.1) is 5.92 Å². The number of hydrogen-bond donors (Lipinski definition) is 1. The van der Waals surface area contributed by atoms with E-state index >= 15 is 0 Å². The van der Waals surface area contributed by atoms with Crippen molar-refractivity contribution in [3.05, 3.63) is 11.7 Å². The van der Waals surface area contributed by atoms with Crippen molar-refractivity contribution in [2.45, 2.75) is 57.7 Å². The molecule has 6 heteroatoms. The molecule has 0 spiro atoms. The van der Waals surface area contributed by atoms with E-state index < -0.39 is 0 Å². The van der Waals surface area contributed by atoms with Crippen molar-refractivity contribution in [1.29, 1.82) is 0 Å². The van der Waals surface area contributed by atoms with Crippen LogP contribution in [0.5, 0.6) is 0 Å². The number of methoxy groups -OCH3 is 1. The monoisotopic (exact) mass is 297 g/mol. The molecule has 1 saturated carbocycles. The Morgan fingerprint density at radius 2 is 2.14 bits per heavy atom. The normalized spacial score (nSPS) is 27.7. The Morgan fingerprint density at radius 3 is 2.71 bits per heavy atom. The smallest absolute Gasteiger partial charge is 0.229 e. The fraction of sp³-hybridized carbons (Fsp3) is 0.867. The second-order valence-electron chi connectivity index (χ2n) is 5.92. The minimum atomic E-state index is -0.381. The van der Waals surface area contributed by atoms with Crippen LogP contribution >= 0.6 is 0 Å². The lowest BCUT2D eigenvalue weighted by atomic mass is 9.79. The summed E-state index contributed by atoms with van der Waals surface area (Å²) < 4.78 is 16.7. The SMILES string of the molecule is CCOC1(c2noc(CC(CN)OC)n2)CCC(C)CC1. The minimum absolute atomic E-state index is 0.0901. The summed E-state index contributed by atoms with van der Waals surface area (Å²) in [5, 5.41) is 4.17. The number of ether oxygens (including phenoxy) is 2. The van der Waals surface area contributed by atoms with Gasteiger partial charge in [0.05, 0.1) is 12.5 Å². The van der Waals surface area contributed by atoms with Crippen LogP contribution in [-0.4, -0.2) is 36.5 Å². The van der Waals surface area contributed by atoms with Crippen molar-refractivity contribution < 1.29 is 14.0 Å². The van der Waals surface area contributed by atoms with E-state index in [1.165, 1.54) is 0 Å². The zero-order chi connectivity index (χ0) is 15.3. The van der Waals surface area contributed by atoms with Gasteiger partial charge in [0.2, 0.25) is 11.7 Å². The summed E-state index contributed by atoms with van der Waals surface area (Å²) in [6.45, 7) is 5.38. The first kappa shape index (κ1) is 16.4. The highest BCUT2D eigenvalue weighted by molar-refractivity contribution is 5.04. The van der Waals surface area contributed by atoms with Crippen LogP contribution in [-0.2, 0) is 21.5 Å². The lowest BCUT2D eigenvalue weighted by Crippen LogP contribution is -2.35. The molecule has 1 atom stereocenters. The number of nitrogens with two attached hydrogens (primary N) is 1. The predicted molar refractivity (Wildman–Crippen MR) is 78.8 cm³/mol. The van der Waals surface area contributed by atoms with Crippen molar-refractivity contribution in [3.8, 4) is 0 Å². The number of hydrogen-bond acceptors (Lipinski definition) is 6. The van der Waals surface area contributed by atoms with Gasteiger partial charge in [0, 0.05) is 20.3 Å². The van der Waals surface area contributed by atoms with Gasteiger partial charge >= 0.3 is 0 Å². The fourth-order valence-electron chi connectivity index (χ4n) is 2.92. The average Bonchev–Trinajstić information content (AvgIpc) is 2.97. The second-order valence-corrected chi connectivity index (χ2v) is 5.92. The molecule has 0 bridgehead atoms. The van der Waals surface area contributed by atoms with Crippen LogP contribution in [0.3, 0.4) is 0 Å². The molecule has 0 aromatic carbocycles. The molecule has 1 aromatic heterocycles. The molecule has 120 valence electrons. The van der Waals surface area contributed by atoms with Gasteiger partial charge in [-0.25, -0.2) is 0 Å². The summed E-state index contributed by atoms with van der Waals surface area (Å²) in [4.78, 5) is 4.55. The van der Waals surface area contributed by atoms with Crippen molar-refractivity contribution in [2.24, 2.45) is 11.7 Å². The third-order valence-electron chi connectivity index (χ3n) is 4.38. The van der Waals surface area contributed by atoms with Crippen LogP contribution in [0.15, 0.2) is 4.52 Å². The van der Waals surface area contributed by atoms with Crippen molar-refractivity contribution >= 4 is 0 Å². The molecular formula is C15H27N3O3. The maximum atomic E-state index is 6.03. The lowest BCUT2D eigenvalue weighted by molar-refractivity contribution is -0.0847. The molecule has 0 radical (unpaired) electrons. The number of rotatable bonds is 7. The highest BCUT2D eigenvalue weighted by Crippen LogP contribution is 2.41. The summed E-state index contributed by atoms with van der Waals surface area (Å²) in [7, 11) is 1.64. The van der Waals surface area contributed by atoms with Crippen LogP contribution in [0.1, 0.15) is 51.2 Å². The van der Waals surface area contributed by atoms with Crippen molar-refractivity contribution in [1.82, 2.24) is 10.1 Å². The molecular weight excluding hydrogens is 270 g/mol. The second kappa shape index (κ2) is 7.33. The van der Waals surface area contributed by atoms with Gasteiger partial charge in [-0.1, -0.05) is 12.1 Å². The van der Waals surface area contributed by atoms with Gasteiger partial charge in [-0.05, 0) is 38.5 Å². The third-order valence-corrected chi connectivity index (χ3v) is 4.38. The topological polar surface area (TPSA) is 83.4 Å². The molecule has 6 nitrogen and oxygen atoms in total. The molecule has 1 fully saturated rings. The Balaban J connectivity index is 2.12. The molecule has 1 aliphatic carbocycles. The summed E-state index contributed by atoms with van der Waals surface area (Å²) in [5.74, 6) is 1.98. The quantitative estimate of drug-likeness (QED) is 0.829. The van der Waals surface area contributed by atoms with Gasteiger partial charge in [0.15, 0.2) is 0 Å². The van der Waals surface area contributed by atoms with E-state index in [-0.39, 0.29) is 11.7 Å². The van der Waals surface area contributed by atoms with Crippen LogP contribution in [0.2, 0.25) is 0 Å². The first-order chi connectivity index (χ1) is 10.1. The molecule has 0 amide bonds. The van der Waals surface area contributed by atoms with Gasteiger partial charge < -0.3 is 19.7 Å². The predicted octanol–water partition coefficient (Wildman–Crippen LogP) is 2.03. The number of aromatic nitrogens is 2. The van der Waals surface area contributed by atoms with Crippen molar-refractivity contribution in [3.63, 3.8) is 0 Å². The van der Waals surface area contributed by atoms with E-state index in [0.29, 0.717) is 31.3 Å². The van der Waals surface area contributed by atoms with E-state index in [9.17, 15) is 0 Å². The molecule has 2 rings (SSSR count). The van der Waals surface area contributed by atoms with E-state index in [4.69, 9.17) is 19.7 Å². The van der Waals surface area contributed by atoms with Crippen LogP contribution in [0.25, 0.3) is 0 Å². The maximum absolute atomic E-state index is 6.03. The van der Waals surface area contributed by atoms with Gasteiger partial charge in [0.25, 0.3) is 0 Å². The Bertz CT molecular complexity index is 424. The molecule has 21 heavy (non-hydrogen) atoms. The van der Waals surface area contributed by atoms with Crippen LogP contribution < -0.4 is 5.73 Å². The lowest BCUT2D eigenvalue weighted by Gasteiger charge is -2.36. The molecule has 1 unspecified atom stereocenters. The fourth-order valence-corrected chi connectivity index (χ4v) is 2.92. The first-order valence-corrected chi connectivity index (χ1v) is 7.83. The van der Waals surface area contributed by atoms with Crippen LogP contribution in [0.4, 0.5) is 0 Å². The van der Waals surface area contributed by atoms with E-state index in [1.54, 1.807) is 7.11 Å². The zero-order valence-electron chi connectivity index (χ0n) is 13.3. The highest BCUT2D eigenvalue weighted by atomic mass is 16.5. The van der Waals surface area contributed by atoms with E-state index in [1.807, 2.05) is 6.92 Å². The molecule has 2 N–H and O–H groups in total. The van der Waals surface area contributed by atoms with Gasteiger partial charge in [-0.2, -0.15) is 4.98 Å². The van der Waals surface area contributed by atoms with E-state index in [2.05, 4.69) is 17.1 Å². The maximum Gasteiger partial charge on any atom is 0.229 e. The Labute approximate surface area is 126 Å². The van der Waals surface area contributed by atoms with Crippen molar-refractivity contribution in [2.75, 3.05) is 20.3 Å². The van der Waals surface area contributed by atoms with Gasteiger partial charge in [-0.3, -0.25) is 0 Å². The third kappa shape index (κ3) is 3.81. The molecule has 0 saturated heterocycles. The highest BCUT2D eigenvalue weighted by Gasteiger charge is 2.40.